The third-order valence-corrected chi connectivity index (χ3v) is 5.34. The lowest BCUT2D eigenvalue weighted by molar-refractivity contribution is -0.150. The van der Waals surface area contributed by atoms with Crippen molar-refractivity contribution in [2.75, 3.05) is 35.0 Å². The highest BCUT2D eigenvalue weighted by Crippen LogP contribution is 2.38. The Bertz CT molecular complexity index is 812. The van der Waals surface area contributed by atoms with E-state index < -0.39 is 24.0 Å². The molecule has 0 aromatic heterocycles. The van der Waals surface area contributed by atoms with Gasteiger partial charge in [0, 0.05) is 13.1 Å². The normalized spacial score (nSPS) is 15.2. The van der Waals surface area contributed by atoms with E-state index >= 15 is 0 Å². The van der Waals surface area contributed by atoms with Crippen LogP contribution < -0.4 is 14.2 Å². The highest BCUT2D eigenvalue weighted by atomic mass is 16.5. The standard InChI is InChI=1S/C22H28N2O6/c1-24(22(15-23)10-6-5-7-11-22)19(25)14-30-20(26)9-8-16-12-17(27-2)21(29-4)18(13-16)28-3/h8-9,12-13H,5-7,10-11,14H2,1-4H3/b9-8+. The minimum atomic E-state index is -0.812. The van der Waals surface area contributed by atoms with Gasteiger partial charge in [0.05, 0.1) is 27.4 Å². The predicted octanol–water partition coefficient (Wildman–Crippen LogP) is 2.95. The second kappa shape index (κ2) is 10.5. The molecule has 30 heavy (non-hydrogen) atoms. The van der Waals surface area contributed by atoms with Gasteiger partial charge >= 0.3 is 5.97 Å². The van der Waals surface area contributed by atoms with Crippen molar-refractivity contribution in [2.24, 2.45) is 0 Å². The highest BCUT2D eigenvalue weighted by Gasteiger charge is 2.38. The Kier molecular flexibility index (Phi) is 8.10. The second-order valence-corrected chi connectivity index (χ2v) is 7.06. The first-order valence-electron chi connectivity index (χ1n) is 9.73. The summed E-state index contributed by atoms with van der Waals surface area (Å²) in [6, 6.07) is 5.65. The van der Waals surface area contributed by atoms with Gasteiger partial charge in [0.15, 0.2) is 18.1 Å². The Balaban J connectivity index is 1.99. The van der Waals surface area contributed by atoms with E-state index in [0.717, 1.165) is 19.3 Å². The maximum absolute atomic E-state index is 12.4. The smallest absolute Gasteiger partial charge is 0.331 e. The predicted molar refractivity (Wildman–Crippen MR) is 110 cm³/mol. The Morgan fingerprint density at radius 2 is 1.70 bits per heavy atom. The fourth-order valence-corrected chi connectivity index (χ4v) is 3.54. The molecule has 0 heterocycles. The molecular weight excluding hydrogens is 388 g/mol. The lowest BCUT2D eigenvalue weighted by Gasteiger charge is -2.38. The molecule has 8 nitrogen and oxygen atoms in total. The van der Waals surface area contributed by atoms with Gasteiger partial charge in [-0.1, -0.05) is 19.3 Å². The number of hydrogen-bond donors (Lipinski definition) is 0. The zero-order chi connectivity index (χ0) is 22.1. The van der Waals surface area contributed by atoms with Gasteiger partial charge in [0.25, 0.3) is 5.91 Å². The van der Waals surface area contributed by atoms with Crippen LogP contribution in [0.2, 0.25) is 0 Å². The minimum absolute atomic E-state index is 0.395. The summed E-state index contributed by atoms with van der Waals surface area (Å²) in [4.78, 5) is 25.9. The third kappa shape index (κ3) is 5.23. The molecule has 8 heteroatoms. The quantitative estimate of drug-likeness (QED) is 0.475. The molecule has 1 aliphatic carbocycles. The zero-order valence-electron chi connectivity index (χ0n) is 17.9. The molecule has 0 unspecified atom stereocenters. The fourth-order valence-electron chi connectivity index (χ4n) is 3.54. The number of carbonyl (C=O) groups excluding carboxylic acids is 2. The van der Waals surface area contributed by atoms with Gasteiger partial charge in [0.1, 0.15) is 5.54 Å². The number of carbonyl (C=O) groups is 2. The van der Waals surface area contributed by atoms with Crippen LogP contribution >= 0.6 is 0 Å². The van der Waals surface area contributed by atoms with Gasteiger partial charge in [-0.05, 0) is 36.6 Å². The molecule has 0 N–H and O–H groups in total. The molecule has 1 aromatic carbocycles. The number of hydrogen-bond acceptors (Lipinski definition) is 7. The van der Waals surface area contributed by atoms with Crippen molar-refractivity contribution >= 4 is 18.0 Å². The largest absolute Gasteiger partial charge is 0.493 e. The van der Waals surface area contributed by atoms with Gasteiger partial charge in [-0.25, -0.2) is 4.79 Å². The van der Waals surface area contributed by atoms with Gasteiger partial charge in [-0.15, -0.1) is 0 Å². The summed E-state index contributed by atoms with van der Waals surface area (Å²) in [5.74, 6) is 0.294. The zero-order valence-corrected chi connectivity index (χ0v) is 17.9. The van der Waals surface area contributed by atoms with Crippen LogP contribution in [0.25, 0.3) is 6.08 Å². The van der Waals surface area contributed by atoms with Gasteiger partial charge in [0.2, 0.25) is 5.75 Å². The topological polar surface area (TPSA) is 98.1 Å². The van der Waals surface area contributed by atoms with E-state index in [1.54, 1.807) is 19.2 Å². The van der Waals surface area contributed by atoms with E-state index in [2.05, 4.69) is 6.07 Å². The van der Waals surface area contributed by atoms with Crippen LogP contribution in [0, 0.1) is 11.3 Å². The number of ether oxygens (including phenoxy) is 4. The number of methoxy groups -OCH3 is 3. The number of esters is 1. The molecule has 0 saturated heterocycles. The molecule has 1 aromatic rings. The van der Waals surface area contributed by atoms with Crippen molar-refractivity contribution in [1.82, 2.24) is 4.90 Å². The van der Waals surface area contributed by atoms with Crippen molar-refractivity contribution in [3.63, 3.8) is 0 Å². The minimum Gasteiger partial charge on any atom is -0.493 e. The van der Waals surface area contributed by atoms with E-state index in [4.69, 9.17) is 18.9 Å². The summed E-state index contributed by atoms with van der Waals surface area (Å²) in [7, 11) is 6.10. The van der Waals surface area contributed by atoms with E-state index in [-0.39, 0.29) is 0 Å². The van der Waals surface area contributed by atoms with Crippen molar-refractivity contribution in [3.8, 4) is 23.3 Å². The van der Waals surface area contributed by atoms with E-state index in [1.165, 1.54) is 38.4 Å². The molecule has 162 valence electrons. The van der Waals surface area contributed by atoms with Crippen molar-refractivity contribution < 1.29 is 28.5 Å². The molecule has 0 aliphatic heterocycles. The first-order chi connectivity index (χ1) is 14.4. The molecule has 0 radical (unpaired) electrons. The summed E-state index contributed by atoms with van der Waals surface area (Å²) in [5.41, 5.74) is -0.177. The molecule has 1 amide bonds. The van der Waals surface area contributed by atoms with Gasteiger partial charge < -0.3 is 23.8 Å². The number of rotatable bonds is 8. The van der Waals surface area contributed by atoms with Crippen molar-refractivity contribution in [2.45, 2.75) is 37.6 Å². The SMILES string of the molecule is COc1cc(/C=C/C(=O)OCC(=O)N(C)C2(C#N)CCCCC2)cc(OC)c1OC. The Hall–Kier alpha value is -3.21. The number of nitriles is 1. The van der Waals surface area contributed by atoms with Crippen LogP contribution in [0.1, 0.15) is 37.7 Å². The number of nitrogens with zero attached hydrogens (tertiary/aromatic N) is 2. The monoisotopic (exact) mass is 416 g/mol. The van der Waals surface area contributed by atoms with Crippen LogP contribution in [0.15, 0.2) is 18.2 Å². The molecule has 0 atom stereocenters. The van der Waals surface area contributed by atoms with Gasteiger partial charge in [-0.3, -0.25) is 4.79 Å². The Morgan fingerprint density at radius 1 is 1.10 bits per heavy atom. The fraction of sp³-hybridized carbons (Fsp3) is 0.500. The number of benzene rings is 1. The van der Waals surface area contributed by atoms with Crippen molar-refractivity contribution in [1.29, 1.82) is 5.26 Å². The maximum atomic E-state index is 12.4. The van der Waals surface area contributed by atoms with E-state index in [1.807, 2.05) is 0 Å². The lowest BCUT2D eigenvalue weighted by Crippen LogP contribution is -2.51. The van der Waals surface area contributed by atoms with Crippen LogP contribution in [-0.4, -0.2) is 57.3 Å². The third-order valence-electron chi connectivity index (χ3n) is 5.34. The summed E-state index contributed by atoms with van der Waals surface area (Å²) in [5, 5.41) is 9.58. The lowest BCUT2D eigenvalue weighted by atomic mass is 9.81. The summed E-state index contributed by atoms with van der Waals surface area (Å²) < 4.78 is 20.9. The molecular formula is C22H28N2O6. The average Bonchev–Trinajstić information content (AvgIpc) is 2.80. The van der Waals surface area contributed by atoms with Crippen LogP contribution in [0.3, 0.4) is 0 Å². The second-order valence-electron chi connectivity index (χ2n) is 7.06. The van der Waals surface area contributed by atoms with Gasteiger partial charge in [-0.2, -0.15) is 5.26 Å². The molecule has 0 spiro atoms. The Labute approximate surface area is 177 Å². The first-order valence-corrected chi connectivity index (χ1v) is 9.73. The maximum Gasteiger partial charge on any atom is 0.331 e. The molecule has 1 fully saturated rings. The van der Waals surface area contributed by atoms with Crippen LogP contribution in [-0.2, 0) is 14.3 Å². The highest BCUT2D eigenvalue weighted by molar-refractivity contribution is 5.89. The molecule has 1 saturated carbocycles. The summed E-state index contributed by atoms with van der Waals surface area (Å²) in [6.45, 7) is -0.418. The number of likely N-dealkylation sites (N-methyl/N-ethyl adjacent to an activating group) is 1. The molecule has 2 rings (SSSR count). The van der Waals surface area contributed by atoms with Crippen LogP contribution in [0.4, 0.5) is 0 Å². The summed E-state index contributed by atoms with van der Waals surface area (Å²) >= 11 is 0. The summed E-state index contributed by atoms with van der Waals surface area (Å²) in [6.07, 6.45) is 6.89. The first kappa shape index (κ1) is 23.1. The van der Waals surface area contributed by atoms with E-state index in [0.29, 0.717) is 35.7 Å². The molecule has 0 bridgehead atoms. The Morgan fingerprint density at radius 3 is 2.20 bits per heavy atom. The van der Waals surface area contributed by atoms with Crippen LogP contribution in [0.5, 0.6) is 17.2 Å². The molecule has 1 aliphatic rings. The van der Waals surface area contributed by atoms with Crippen molar-refractivity contribution in [3.05, 3.63) is 23.8 Å². The number of amides is 1. The van der Waals surface area contributed by atoms with E-state index in [9.17, 15) is 14.9 Å². The average molecular weight is 416 g/mol.